The van der Waals surface area contributed by atoms with Crippen LogP contribution in [0.5, 0.6) is 0 Å². The third kappa shape index (κ3) is 46.5. The number of nitrogens with one attached hydrogen (secondary N) is 1. The van der Waals surface area contributed by atoms with Crippen LogP contribution in [0.1, 0.15) is 122 Å². The molecule has 0 unspecified atom stereocenters. The molecule has 1 N–H and O–H groups in total. The highest BCUT2D eigenvalue weighted by Crippen LogP contribution is 2.14. The Bertz CT molecular complexity index is 738. The summed E-state index contributed by atoms with van der Waals surface area (Å²) in [5.41, 5.74) is 0. The van der Waals surface area contributed by atoms with Crippen molar-refractivity contribution < 1.29 is 56.8 Å². The van der Waals surface area contributed by atoms with E-state index in [0.717, 1.165) is 39.0 Å². The Morgan fingerprint density at radius 2 is 0.500 bits per heavy atom. The number of unbranched alkanes of at least 4 members (excludes halogenated alkanes) is 15. The van der Waals surface area contributed by atoms with Gasteiger partial charge in [-0.2, -0.15) is 0 Å². The zero-order valence-electron chi connectivity index (χ0n) is 37.4. The van der Waals surface area contributed by atoms with Crippen molar-refractivity contribution in [2.45, 2.75) is 129 Å². The van der Waals surface area contributed by atoms with Crippen LogP contribution in [0.4, 0.5) is 0 Å². The van der Waals surface area contributed by atoms with Gasteiger partial charge in [0.05, 0.1) is 151 Å². The number of rotatable bonds is 51. The quantitative estimate of drug-likeness (QED) is 0.0623. The second-order valence-electron chi connectivity index (χ2n) is 14.9. The molecule has 0 aliphatic carbocycles. The zero-order valence-corrected chi connectivity index (χ0v) is 37.4. The molecule has 1 heterocycles. The fraction of sp³-hybridized carbons (Fsp3) is 1.00. The lowest BCUT2D eigenvalue weighted by Gasteiger charge is -2.22. The molecule has 0 aromatic heterocycles. The van der Waals surface area contributed by atoms with Crippen LogP contribution in [0.3, 0.4) is 0 Å². The Balaban J connectivity index is 1.59. The molecule has 13 heteroatoms. The van der Waals surface area contributed by atoms with E-state index in [2.05, 4.69) is 12.2 Å². The highest BCUT2D eigenvalue weighted by Gasteiger charge is 2.12. The Kier molecular flexibility index (Phi) is 48.6. The van der Waals surface area contributed by atoms with Crippen LogP contribution in [0.2, 0.25) is 0 Å². The van der Waals surface area contributed by atoms with Crippen LogP contribution in [0, 0.1) is 0 Å². The lowest BCUT2D eigenvalue weighted by Crippen LogP contribution is -2.33. The van der Waals surface area contributed by atoms with Gasteiger partial charge in [0.2, 0.25) is 0 Å². The topological polar surface area (TPSA) is 123 Å². The normalized spacial score (nSPS) is 13.6. The predicted octanol–water partition coefficient (Wildman–Crippen LogP) is 7.20. The van der Waals surface area contributed by atoms with Crippen LogP contribution in [-0.4, -0.2) is 171 Å². The molecule has 0 amide bonds. The second kappa shape index (κ2) is 50.8. The second-order valence-corrected chi connectivity index (χ2v) is 14.9. The summed E-state index contributed by atoms with van der Waals surface area (Å²) in [7, 11) is 0. The molecule has 1 saturated heterocycles. The van der Waals surface area contributed by atoms with Gasteiger partial charge in [0.25, 0.3) is 0 Å². The van der Waals surface area contributed by atoms with Gasteiger partial charge in [-0.3, -0.25) is 0 Å². The molecule has 1 rings (SSSR count). The summed E-state index contributed by atoms with van der Waals surface area (Å²) < 4.78 is 66.9. The van der Waals surface area contributed by atoms with Crippen molar-refractivity contribution in [1.82, 2.24) is 5.32 Å². The van der Waals surface area contributed by atoms with Gasteiger partial charge in [-0.05, 0) is 32.4 Å². The smallest absolute Gasteiger partial charge is 0.0704 e. The standard InChI is InChI=1S/C45H91NO12/c1-2-3-4-5-6-7-8-9-10-11-12-13-14-15-16-17-22-47-23-24-48-25-26-49-27-28-50-29-30-51-31-32-52-33-34-53-35-36-54-37-38-55-39-40-56-41-42-57-43-44-58-45-18-20-46-21-19-45/h45-46H,2-44H2,1H3. The minimum Gasteiger partial charge on any atom is -0.379 e. The minimum absolute atomic E-state index is 0.373. The van der Waals surface area contributed by atoms with Crippen LogP contribution >= 0.6 is 0 Å². The van der Waals surface area contributed by atoms with Gasteiger partial charge in [-0.15, -0.1) is 0 Å². The molecule has 0 spiro atoms. The molecule has 13 nitrogen and oxygen atoms in total. The molecule has 0 radical (unpaired) electrons. The first-order valence-corrected chi connectivity index (χ1v) is 23.6. The largest absolute Gasteiger partial charge is 0.379 e. The highest BCUT2D eigenvalue weighted by atomic mass is 16.6. The zero-order chi connectivity index (χ0) is 41.2. The average molecular weight is 838 g/mol. The molecule has 0 bridgehead atoms. The summed E-state index contributed by atoms with van der Waals surface area (Å²) >= 11 is 0. The molecular formula is C45H91NO12. The lowest BCUT2D eigenvalue weighted by molar-refractivity contribution is -0.0326. The molecule has 1 aliphatic heterocycles. The van der Waals surface area contributed by atoms with Crippen LogP contribution in [0.25, 0.3) is 0 Å². The van der Waals surface area contributed by atoms with E-state index in [-0.39, 0.29) is 0 Å². The third-order valence-corrected chi connectivity index (χ3v) is 9.73. The number of hydrogen-bond donors (Lipinski definition) is 1. The SMILES string of the molecule is CCCCCCCCCCCCCCCCCCOCCOCCOCCOCCOCCOCCOCCOCCOCCOCCOCCOC1CCNCC1. The number of ether oxygens (including phenoxy) is 12. The maximum absolute atomic E-state index is 5.80. The molecule has 58 heavy (non-hydrogen) atoms. The van der Waals surface area contributed by atoms with Gasteiger partial charge >= 0.3 is 0 Å². The molecule has 1 aliphatic rings. The van der Waals surface area contributed by atoms with E-state index >= 15 is 0 Å². The van der Waals surface area contributed by atoms with Crippen molar-refractivity contribution in [2.24, 2.45) is 0 Å². The highest BCUT2D eigenvalue weighted by molar-refractivity contribution is 4.67. The van der Waals surface area contributed by atoms with E-state index in [9.17, 15) is 0 Å². The molecule has 0 saturated carbocycles. The maximum Gasteiger partial charge on any atom is 0.0704 e. The van der Waals surface area contributed by atoms with Gasteiger partial charge in [-0.25, -0.2) is 0 Å². The molecular weight excluding hydrogens is 746 g/mol. The van der Waals surface area contributed by atoms with E-state index in [4.69, 9.17) is 56.8 Å². The van der Waals surface area contributed by atoms with E-state index in [1.807, 2.05) is 0 Å². The molecule has 0 atom stereocenters. The van der Waals surface area contributed by atoms with Crippen molar-refractivity contribution in [3.63, 3.8) is 0 Å². The summed E-state index contributed by atoms with van der Waals surface area (Å²) in [5, 5.41) is 3.33. The number of hydrogen-bond acceptors (Lipinski definition) is 13. The summed E-state index contributed by atoms with van der Waals surface area (Å²) in [6.07, 6.45) is 24.7. The van der Waals surface area contributed by atoms with Crippen molar-refractivity contribution >= 4 is 0 Å². The van der Waals surface area contributed by atoms with Crippen molar-refractivity contribution in [3.05, 3.63) is 0 Å². The van der Waals surface area contributed by atoms with E-state index in [0.29, 0.717) is 151 Å². The first-order valence-electron chi connectivity index (χ1n) is 23.6. The van der Waals surface area contributed by atoms with E-state index in [1.165, 1.54) is 96.3 Å². The van der Waals surface area contributed by atoms with Crippen molar-refractivity contribution in [1.29, 1.82) is 0 Å². The predicted molar refractivity (Wildman–Crippen MR) is 230 cm³/mol. The van der Waals surface area contributed by atoms with Crippen LogP contribution < -0.4 is 5.32 Å². The minimum atomic E-state index is 0.373. The van der Waals surface area contributed by atoms with Gasteiger partial charge in [0.15, 0.2) is 0 Å². The summed E-state index contributed by atoms with van der Waals surface area (Å²) in [5.74, 6) is 0. The molecule has 0 aromatic rings. The van der Waals surface area contributed by atoms with E-state index in [1.54, 1.807) is 0 Å². The third-order valence-electron chi connectivity index (χ3n) is 9.73. The first-order chi connectivity index (χ1) is 28.9. The molecule has 1 fully saturated rings. The molecule has 0 aromatic carbocycles. The maximum atomic E-state index is 5.80. The van der Waals surface area contributed by atoms with Gasteiger partial charge in [0.1, 0.15) is 0 Å². The van der Waals surface area contributed by atoms with Crippen molar-refractivity contribution in [2.75, 3.05) is 165 Å². The van der Waals surface area contributed by atoms with Gasteiger partial charge in [0, 0.05) is 6.61 Å². The van der Waals surface area contributed by atoms with E-state index < -0.39 is 0 Å². The Morgan fingerprint density at radius 1 is 0.276 bits per heavy atom. The van der Waals surface area contributed by atoms with Gasteiger partial charge in [-0.1, -0.05) is 103 Å². The summed E-state index contributed by atoms with van der Waals surface area (Å²) in [6, 6.07) is 0. The van der Waals surface area contributed by atoms with Crippen LogP contribution in [-0.2, 0) is 56.8 Å². The van der Waals surface area contributed by atoms with Crippen molar-refractivity contribution in [3.8, 4) is 0 Å². The fourth-order valence-corrected chi connectivity index (χ4v) is 6.29. The first kappa shape index (κ1) is 55.5. The number of piperidine rings is 1. The Morgan fingerprint density at radius 3 is 0.776 bits per heavy atom. The lowest BCUT2D eigenvalue weighted by atomic mass is 10.0. The van der Waals surface area contributed by atoms with Gasteiger partial charge < -0.3 is 62.2 Å². The Hall–Kier alpha value is -0.520. The van der Waals surface area contributed by atoms with Crippen LogP contribution in [0.15, 0.2) is 0 Å². The summed E-state index contributed by atoms with van der Waals surface area (Å²) in [6.45, 7) is 17.4. The summed E-state index contributed by atoms with van der Waals surface area (Å²) in [4.78, 5) is 0. The monoisotopic (exact) mass is 838 g/mol. The Labute approximate surface area is 355 Å². The molecule has 348 valence electrons. The fourth-order valence-electron chi connectivity index (χ4n) is 6.29. The average Bonchev–Trinajstić information content (AvgIpc) is 3.24.